The number of carbonyl (C=O) groups excluding carboxylic acids is 2. The summed E-state index contributed by atoms with van der Waals surface area (Å²) < 4.78 is 10.5. The summed E-state index contributed by atoms with van der Waals surface area (Å²) >= 11 is 0. The molecule has 108 valence electrons. The number of benzene rings is 2. The number of hydrogen-bond donors (Lipinski definition) is 0. The highest BCUT2D eigenvalue weighted by molar-refractivity contribution is 5.96. The third-order valence-electron chi connectivity index (χ3n) is 2.85. The molecule has 21 heavy (non-hydrogen) atoms. The maximum absolute atomic E-state index is 11.6. The van der Waals surface area contributed by atoms with Gasteiger partial charge in [0.2, 0.25) is 0 Å². The molecule has 0 amide bonds. The van der Waals surface area contributed by atoms with Gasteiger partial charge in [-0.05, 0) is 24.6 Å². The van der Waals surface area contributed by atoms with Crippen molar-refractivity contribution < 1.29 is 19.1 Å². The van der Waals surface area contributed by atoms with E-state index in [1.807, 2.05) is 30.3 Å². The van der Waals surface area contributed by atoms with Gasteiger partial charge in [0.25, 0.3) is 0 Å². The van der Waals surface area contributed by atoms with Crippen LogP contribution in [-0.4, -0.2) is 18.4 Å². The van der Waals surface area contributed by atoms with Crippen molar-refractivity contribution >= 4 is 11.8 Å². The highest BCUT2D eigenvalue weighted by Crippen LogP contribution is 2.18. The molecule has 0 radical (unpaired) electrons. The molecule has 2 aromatic rings. The van der Waals surface area contributed by atoms with Crippen LogP contribution in [0, 0.1) is 0 Å². The number of rotatable bonds is 6. The van der Waals surface area contributed by atoms with E-state index in [2.05, 4.69) is 0 Å². The summed E-state index contributed by atoms with van der Waals surface area (Å²) in [7, 11) is 0. The molecule has 0 fully saturated rings. The van der Waals surface area contributed by atoms with E-state index in [1.165, 1.54) is 6.92 Å². The molecule has 0 saturated carbocycles. The number of ether oxygens (including phenoxy) is 2. The second kappa shape index (κ2) is 7.24. The lowest BCUT2D eigenvalue weighted by Crippen LogP contribution is -2.15. The first-order valence-corrected chi connectivity index (χ1v) is 6.59. The van der Waals surface area contributed by atoms with Gasteiger partial charge in [-0.1, -0.05) is 42.5 Å². The topological polar surface area (TPSA) is 52.6 Å². The van der Waals surface area contributed by atoms with E-state index in [-0.39, 0.29) is 19.0 Å². The van der Waals surface area contributed by atoms with Crippen LogP contribution >= 0.6 is 0 Å². The Morgan fingerprint density at radius 3 is 2.33 bits per heavy atom. The molecule has 0 spiro atoms. The van der Waals surface area contributed by atoms with E-state index < -0.39 is 5.97 Å². The zero-order chi connectivity index (χ0) is 15.1. The minimum atomic E-state index is -0.475. The van der Waals surface area contributed by atoms with Crippen LogP contribution in [0.2, 0.25) is 0 Å². The van der Waals surface area contributed by atoms with Crippen LogP contribution in [0.5, 0.6) is 5.75 Å². The lowest BCUT2D eigenvalue weighted by Gasteiger charge is -2.09. The molecule has 2 aromatic carbocycles. The van der Waals surface area contributed by atoms with Gasteiger partial charge in [-0.25, -0.2) is 4.79 Å². The average molecular weight is 284 g/mol. The molecule has 0 N–H and O–H groups in total. The molecule has 0 atom stereocenters. The van der Waals surface area contributed by atoms with Crippen LogP contribution < -0.4 is 4.74 Å². The predicted molar refractivity (Wildman–Crippen MR) is 78.2 cm³/mol. The molecule has 0 saturated heterocycles. The summed E-state index contributed by atoms with van der Waals surface area (Å²) in [6.07, 6.45) is 0. The Morgan fingerprint density at radius 2 is 1.62 bits per heavy atom. The Morgan fingerprint density at radius 1 is 0.952 bits per heavy atom. The number of ketones is 1. The fourth-order valence-electron chi connectivity index (χ4n) is 1.80. The Bertz CT molecular complexity index is 620. The molecule has 0 bridgehead atoms. The summed E-state index contributed by atoms with van der Waals surface area (Å²) in [6, 6.07) is 16.2. The van der Waals surface area contributed by atoms with Gasteiger partial charge in [-0.2, -0.15) is 0 Å². The Hall–Kier alpha value is -2.62. The molecule has 0 aromatic heterocycles. The van der Waals surface area contributed by atoms with E-state index in [1.54, 1.807) is 24.3 Å². The van der Waals surface area contributed by atoms with Crippen molar-refractivity contribution in [3.8, 4) is 5.75 Å². The smallest absolute Gasteiger partial charge is 0.344 e. The number of carbonyl (C=O) groups is 2. The van der Waals surface area contributed by atoms with Crippen LogP contribution in [0.15, 0.2) is 54.6 Å². The fourth-order valence-corrected chi connectivity index (χ4v) is 1.80. The van der Waals surface area contributed by atoms with Crippen LogP contribution in [-0.2, 0) is 16.1 Å². The van der Waals surface area contributed by atoms with Gasteiger partial charge < -0.3 is 9.47 Å². The molecular formula is C17H16O4. The van der Waals surface area contributed by atoms with Gasteiger partial charge in [-0.15, -0.1) is 0 Å². The molecule has 2 rings (SSSR count). The van der Waals surface area contributed by atoms with E-state index in [9.17, 15) is 9.59 Å². The normalized spacial score (nSPS) is 9.95. The molecule has 0 aliphatic rings. The predicted octanol–water partition coefficient (Wildman–Crippen LogP) is 3.01. The van der Waals surface area contributed by atoms with Crippen LogP contribution in [0.4, 0.5) is 0 Å². The van der Waals surface area contributed by atoms with E-state index in [0.29, 0.717) is 11.3 Å². The molecule has 4 nitrogen and oxygen atoms in total. The summed E-state index contributed by atoms with van der Waals surface area (Å²) in [4.78, 5) is 23.1. The molecule has 4 heteroatoms. The van der Waals surface area contributed by atoms with Crippen molar-refractivity contribution in [1.29, 1.82) is 0 Å². The fraction of sp³-hybridized carbons (Fsp3) is 0.176. The summed E-state index contributed by atoms with van der Waals surface area (Å²) in [5.74, 6) is -0.192. The van der Waals surface area contributed by atoms with Crippen molar-refractivity contribution in [2.24, 2.45) is 0 Å². The average Bonchev–Trinajstić information content (AvgIpc) is 2.52. The van der Waals surface area contributed by atoms with Crippen molar-refractivity contribution in [3.63, 3.8) is 0 Å². The van der Waals surface area contributed by atoms with Gasteiger partial charge in [0.1, 0.15) is 12.4 Å². The van der Waals surface area contributed by atoms with Gasteiger partial charge in [0.05, 0.1) is 5.56 Å². The third-order valence-corrected chi connectivity index (χ3v) is 2.85. The van der Waals surface area contributed by atoms with Gasteiger partial charge >= 0.3 is 5.97 Å². The molecule has 0 heterocycles. The first kappa shape index (κ1) is 14.8. The van der Waals surface area contributed by atoms with Crippen molar-refractivity contribution in [2.75, 3.05) is 6.61 Å². The number of hydrogen-bond acceptors (Lipinski definition) is 4. The first-order valence-electron chi connectivity index (χ1n) is 6.59. The second-order valence-corrected chi connectivity index (χ2v) is 4.49. The van der Waals surface area contributed by atoms with Crippen molar-refractivity contribution in [1.82, 2.24) is 0 Å². The maximum Gasteiger partial charge on any atom is 0.344 e. The highest BCUT2D eigenvalue weighted by atomic mass is 16.6. The first-order chi connectivity index (χ1) is 10.2. The third kappa shape index (κ3) is 4.45. The molecular weight excluding hydrogens is 268 g/mol. The Labute approximate surface area is 123 Å². The molecule has 0 aliphatic carbocycles. The summed E-state index contributed by atoms with van der Waals surface area (Å²) in [5, 5.41) is 0. The van der Waals surface area contributed by atoms with E-state index >= 15 is 0 Å². The monoisotopic (exact) mass is 284 g/mol. The number of Topliss-reactive ketones (excluding diaryl/α,β-unsaturated/α-hetero) is 1. The summed E-state index contributed by atoms with van der Waals surface area (Å²) in [5.41, 5.74) is 1.36. The second-order valence-electron chi connectivity index (χ2n) is 4.49. The van der Waals surface area contributed by atoms with Crippen molar-refractivity contribution in [2.45, 2.75) is 13.5 Å². The Balaban J connectivity index is 1.86. The molecule has 0 unspecified atom stereocenters. The largest absolute Gasteiger partial charge is 0.481 e. The maximum atomic E-state index is 11.6. The molecule has 0 aliphatic heterocycles. The van der Waals surface area contributed by atoms with Gasteiger partial charge in [-0.3, -0.25) is 4.79 Å². The minimum Gasteiger partial charge on any atom is -0.481 e. The lowest BCUT2D eigenvalue weighted by molar-refractivity contribution is -0.147. The standard InChI is InChI=1S/C17H16O4/c1-13(18)15-9-5-6-10-16(15)20-12-17(19)21-11-14-7-3-2-4-8-14/h2-10H,11-12H2,1H3. The number of esters is 1. The SMILES string of the molecule is CC(=O)c1ccccc1OCC(=O)OCc1ccccc1. The quantitative estimate of drug-likeness (QED) is 0.604. The lowest BCUT2D eigenvalue weighted by atomic mass is 10.1. The van der Waals surface area contributed by atoms with E-state index in [0.717, 1.165) is 5.56 Å². The minimum absolute atomic E-state index is 0.108. The zero-order valence-corrected chi connectivity index (χ0v) is 11.7. The van der Waals surface area contributed by atoms with Crippen molar-refractivity contribution in [3.05, 3.63) is 65.7 Å². The van der Waals surface area contributed by atoms with E-state index in [4.69, 9.17) is 9.47 Å². The van der Waals surface area contributed by atoms with Gasteiger partial charge in [0.15, 0.2) is 12.4 Å². The highest BCUT2D eigenvalue weighted by Gasteiger charge is 2.10. The van der Waals surface area contributed by atoms with Gasteiger partial charge in [0, 0.05) is 0 Å². The summed E-state index contributed by atoms with van der Waals surface area (Å²) in [6.45, 7) is 1.43. The van der Waals surface area contributed by atoms with Crippen LogP contribution in [0.25, 0.3) is 0 Å². The zero-order valence-electron chi connectivity index (χ0n) is 11.7. The number of para-hydroxylation sites is 1. The van der Waals surface area contributed by atoms with Crippen LogP contribution in [0.3, 0.4) is 0 Å². The Kier molecular flexibility index (Phi) is 5.10. The van der Waals surface area contributed by atoms with Crippen LogP contribution in [0.1, 0.15) is 22.8 Å².